The van der Waals surface area contributed by atoms with Gasteiger partial charge in [-0.1, -0.05) is 50.2 Å². The summed E-state index contributed by atoms with van der Waals surface area (Å²) in [7, 11) is 1.54. The van der Waals surface area contributed by atoms with E-state index in [0.29, 0.717) is 12.2 Å². The van der Waals surface area contributed by atoms with Crippen LogP contribution < -0.4 is 16.2 Å². The first kappa shape index (κ1) is 24.8. The van der Waals surface area contributed by atoms with Gasteiger partial charge < -0.3 is 9.88 Å². The number of fused-ring (bicyclic) bond motifs is 1. The lowest BCUT2D eigenvalue weighted by atomic mass is 10.1. The molecule has 2 N–H and O–H groups in total. The van der Waals surface area contributed by atoms with Crippen molar-refractivity contribution in [2.24, 2.45) is 7.05 Å². The fourth-order valence-corrected chi connectivity index (χ4v) is 2.69. The van der Waals surface area contributed by atoms with E-state index in [-0.39, 0.29) is 45.2 Å². The lowest BCUT2D eigenvalue weighted by Crippen LogP contribution is -2.24. The van der Waals surface area contributed by atoms with Gasteiger partial charge >= 0.3 is 0 Å². The third kappa shape index (κ3) is 6.66. The predicted octanol–water partition coefficient (Wildman–Crippen LogP) is 5.18. The molecule has 0 aliphatic rings. The van der Waals surface area contributed by atoms with Crippen LogP contribution in [0.5, 0.6) is 0 Å². The second kappa shape index (κ2) is 11.7. The van der Waals surface area contributed by atoms with Gasteiger partial charge in [0, 0.05) is 24.9 Å². The van der Waals surface area contributed by atoms with E-state index in [1.807, 2.05) is 13.8 Å². The summed E-state index contributed by atoms with van der Waals surface area (Å²) in [6.07, 6.45) is 1.50. The van der Waals surface area contributed by atoms with Crippen LogP contribution in [0.25, 0.3) is 10.9 Å². The molecule has 0 saturated carbocycles. The smallest absolute Gasteiger partial charge is 0.261 e. The Balaban J connectivity index is 0.00000204. The number of hydrogen-bond acceptors (Lipinski definition) is 4. The van der Waals surface area contributed by atoms with E-state index >= 15 is 0 Å². The number of nitrogens with zero attached hydrogens (tertiary/aromatic N) is 2. The number of benzene rings is 1. The molecule has 2 rings (SSSR count). The molecule has 1 heterocycles. The zero-order valence-corrected chi connectivity index (χ0v) is 18.1. The molecule has 0 spiro atoms. The van der Waals surface area contributed by atoms with Crippen molar-refractivity contribution in [1.29, 1.82) is 0 Å². The van der Waals surface area contributed by atoms with E-state index < -0.39 is 11.6 Å². The second-order valence-electron chi connectivity index (χ2n) is 5.72. The average Bonchev–Trinajstić information content (AvgIpc) is 2.68. The Kier molecular flexibility index (Phi) is 10.0. The minimum absolute atomic E-state index is 0.0174. The van der Waals surface area contributed by atoms with Crippen LogP contribution in [-0.2, 0) is 7.05 Å². The molecule has 0 unspecified atom stereocenters. The molecule has 9 heteroatoms. The van der Waals surface area contributed by atoms with Crippen molar-refractivity contribution in [1.82, 2.24) is 14.9 Å². The molecule has 0 radical (unpaired) electrons. The van der Waals surface area contributed by atoms with Gasteiger partial charge in [-0.05, 0) is 18.6 Å². The van der Waals surface area contributed by atoms with Crippen molar-refractivity contribution in [2.45, 2.75) is 20.3 Å². The van der Waals surface area contributed by atoms with Crippen molar-refractivity contribution in [3.63, 3.8) is 0 Å². The molecule has 158 valence electrons. The molecular weight excluding hydrogens is 421 g/mol. The van der Waals surface area contributed by atoms with Crippen molar-refractivity contribution in [3.05, 3.63) is 69.3 Å². The van der Waals surface area contributed by atoms with Crippen molar-refractivity contribution in [2.75, 3.05) is 18.5 Å². The number of hydrogen-bond donors (Lipinski definition) is 2. The maximum atomic E-state index is 14.1. The molecule has 0 amide bonds. The summed E-state index contributed by atoms with van der Waals surface area (Å²) in [6, 6.07) is 2.78. The van der Waals surface area contributed by atoms with Crippen LogP contribution in [0.1, 0.15) is 20.3 Å². The highest BCUT2D eigenvalue weighted by atomic mass is 35.5. The minimum atomic E-state index is -0.684. The highest BCUT2D eigenvalue weighted by Crippen LogP contribution is 2.27. The normalized spacial score (nSPS) is 11.4. The summed E-state index contributed by atoms with van der Waals surface area (Å²) in [5.41, 5.74) is 0.248. The van der Waals surface area contributed by atoms with Gasteiger partial charge in [0.2, 0.25) is 0 Å². The first-order valence-corrected chi connectivity index (χ1v) is 9.65. The van der Waals surface area contributed by atoms with Gasteiger partial charge in [0.1, 0.15) is 11.3 Å². The summed E-state index contributed by atoms with van der Waals surface area (Å²) in [4.78, 5) is 16.0. The summed E-state index contributed by atoms with van der Waals surface area (Å²) >= 11 is 11.6. The molecule has 1 aromatic heterocycles. The van der Waals surface area contributed by atoms with Crippen LogP contribution in [0, 0.1) is 5.82 Å². The van der Waals surface area contributed by atoms with Crippen LogP contribution >= 0.6 is 23.2 Å². The highest BCUT2D eigenvalue weighted by Gasteiger charge is 2.11. The number of halogens is 4. The lowest BCUT2D eigenvalue weighted by Gasteiger charge is -2.11. The molecule has 29 heavy (non-hydrogen) atoms. The predicted molar refractivity (Wildman–Crippen MR) is 118 cm³/mol. The number of aromatic nitrogens is 2. The van der Waals surface area contributed by atoms with Gasteiger partial charge in [0.15, 0.2) is 5.82 Å². The molecule has 5 nitrogen and oxygen atoms in total. The summed E-state index contributed by atoms with van der Waals surface area (Å²) in [5.74, 6) is -1.28. The number of anilines is 1. The molecule has 0 atom stereocenters. The van der Waals surface area contributed by atoms with Gasteiger partial charge in [0.05, 0.1) is 28.4 Å². The number of rotatable bonds is 8. The van der Waals surface area contributed by atoms with Crippen LogP contribution in [0.3, 0.4) is 0 Å². The van der Waals surface area contributed by atoms with Crippen LogP contribution in [0.4, 0.5) is 14.5 Å². The topological polar surface area (TPSA) is 59.0 Å². The number of aryl methyl sites for hydroxylation is 1. The molecule has 0 aliphatic heterocycles. The molecule has 0 fully saturated rings. The van der Waals surface area contributed by atoms with E-state index in [9.17, 15) is 13.6 Å². The van der Waals surface area contributed by atoms with E-state index in [2.05, 4.69) is 28.8 Å². The van der Waals surface area contributed by atoms with E-state index in [1.54, 1.807) is 7.05 Å². The van der Waals surface area contributed by atoms with Gasteiger partial charge in [-0.25, -0.2) is 13.8 Å². The molecule has 0 aliphatic carbocycles. The van der Waals surface area contributed by atoms with Gasteiger partial charge in [-0.3, -0.25) is 10.1 Å². The van der Waals surface area contributed by atoms with E-state index in [1.165, 1.54) is 23.0 Å². The zero-order chi connectivity index (χ0) is 22.1. The average molecular weight is 445 g/mol. The largest absolute Gasteiger partial charge is 0.372 e. The Bertz CT molecular complexity index is 986. The summed E-state index contributed by atoms with van der Waals surface area (Å²) < 4.78 is 28.9. The van der Waals surface area contributed by atoms with Crippen LogP contribution in [-0.4, -0.2) is 22.8 Å². The van der Waals surface area contributed by atoms with Crippen molar-refractivity contribution in [3.8, 4) is 0 Å². The molecule has 0 saturated heterocycles. The Labute approximate surface area is 178 Å². The summed E-state index contributed by atoms with van der Waals surface area (Å²) in [5, 5.41) is 6.18. The highest BCUT2D eigenvalue weighted by molar-refractivity contribution is 6.44. The first-order chi connectivity index (χ1) is 13.7. The maximum Gasteiger partial charge on any atom is 0.261 e. The van der Waals surface area contributed by atoms with Crippen molar-refractivity contribution >= 4 is 39.8 Å². The minimum Gasteiger partial charge on any atom is -0.372 e. The number of nitrogens with one attached hydrogen (secondary N) is 2. The third-order valence-corrected chi connectivity index (χ3v) is 4.52. The lowest BCUT2D eigenvalue weighted by molar-refractivity contribution is 0.627. The molecule has 0 bridgehead atoms. The van der Waals surface area contributed by atoms with E-state index in [0.717, 1.165) is 0 Å². The zero-order valence-electron chi connectivity index (χ0n) is 16.6. The van der Waals surface area contributed by atoms with Gasteiger partial charge in [-0.2, -0.15) is 0 Å². The quantitative estimate of drug-likeness (QED) is 0.334. The van der Waals surface area contributed by atoms with Crippen LogP contribution in [0.15, 0.2) is 57.9 Å². The maximum absolute atomic E-state index is 14.1. The Hall–Kier alpha value is -2.22. The number of allylic oxidation sites excluding steroid dienone is 3. The third-order valence-electron chi connectivity index (χ3n) is 3.77. The fourth-order valence-electron chi connectivity index (χ4n) is 2.38. The molecular formula is C20H24Cl2F2N4O. The fraction of sp³-hybridized carbons (Fsp3) is 0.300. The Morgan fingerprint density at radius 1 is 1.28 bits per heavy atom. The van der Waals surface area contributed by atoms with Crippen LogP contribution in [0.2, 0.25) is 0 Å². The van der Waals surface area contributed by atoms with E-state index in [4.69, 9.17) is 23.2 Å². The molecule has 2 aromatic rings. The second-order valence-corrected chi connectivity index (χ2v) is 6.55. The van der Waals surface area contributed by atoms with Crippen molar-refractivity contribution < 1.29 is 8.78 Å². The standard InChI is InChI=1S/C18H18Cl2F2N4O.C2H6/c1-10(19)16(20)13(11(2)21)4-5-23-8-24-12-6-14-17(15(22)7-12)25-9-26(3)18(14)27;1-2/h6-7,9,23-24H,1-2,4-5,8H2,3H3;1-2H3/b16-13+;. The SMILES string of the molecule is C=C(Cl)/C(Cl)=C(/CCNCNc1cc(F)c2ncn(C)c(=O)c2c1)C(=C)F.CC. The summed E-state index contributed by atoms with van der Waals surface area (Å²) in [6.45, 7) is 11.3. The Morgan fingerprint density at radius 2 is 1.93 bits per heavy atom. The molecule has 1 aromatic carbocycles. The monoisotopic (exact) mass is 444 g/mol. The Morgan fingerprint density at radius 3 is 2.52 bits per heavy atom. The van der Waals surface area contributed by atoms with Gasteiger partial charge in [-0.15, -0.1) is 0 Å². The first-order valence-electron chi connectivity index (χ1n) is 8.90. The van der Waals surface area contributed by atoms with Gasteiger partial charge in [0.25, 0.3) is 5.56 Å².